The molecule has 0 saturated carbocycles. The van der Waals surface area contributed by atoms with E-state index in [0.717, 1.165) is 34.4 Å². The van der Waals surface area contributed by atoms with Gasteiger partial charge in [0.25, 0.3) is 5.95 Å². The molecule has 2 aliphatic carbocycles. The van der Waals surface area contributed by atoms with Crippen LogP contribution in [0.4, 0.5) is 5.82 Å². The molecule has 4 aromatic rings. The van der Waals surface area contributed by atoms with E-state index in [1.165, 1.54) is 34.3 Å². The highest BCUT2D eigenvalue weighted by Gasteiger charge is 2.40. The zero-order valence-corrected chi connectivity index (χ0v) is 17.7. The van der Waals surface area contributed by atoms with Gasteiger partial charge in [-0.25, -0.2) is 9.82 Å². The molecule has 0 spiro atoms. The maximum Gasteiger partial charge on any atom is 0.255 e. The summed E-state index contributed by atoms with van der Waals surface area (Å²) in [5, 5.41) is 7.00. The van der Waals surface area contributed by atoms with Crippen LogP contribution in [0.25, 0.3) is 21.7 Å². The van der Waals surface area contributed by atoms with Gasteiger partial charge in [-0.05, 0) is 30.0 Å². The van der Waals surface area contributed by atoms with E-state index in [1.807, 2.05) is 6.07 Å². The molecule has 0 amide bonds. The van der Waals surface area contributed by atoms with E-state index in [-0.39, 0.29) is 6.29 Å². The predicted molar refractivity (Wildman–Crippen MR) is 117 cm³/mol. The molecule has 158 valence electrons. The lowest BCUT2D eigenvalue weighted by molar-refractivity contribution is -0.240. The fourth-order valence-electron chi connectivity index (χ4n) is 5.16. The van der Waals surface area contributed by atoms with E-state index in [9.17, 15) is 0 Å². The molecule has 3 bridgehead atoms. The first-order chi connectivity index (χ1) is 15.8. The SMILES string of the molecule is C1=C2c3c(sc4nc(-n5cncn5)nc(NN5Cc6ccc7c(c6)CC(O7)O5)c34)C2CC1. The first-order valence-electron chi connectivity index (χ1n) is 10.7. The quantitative estimate of drug-likeness (QED) is 0.514. The van der Waals surface area contributed by atoms with E-state index >= 15 is 0 Å². The Bertz CT molecular complexity index is 1440. The zero-order valence-electron chi connectivity index (χ0n) is 16.9. The Labute approximate surface area is 186 Å². The number of hydrogen-bond acceptors (Lipinski definition) is 9. The van der Waals surface area contributed by atoms with Crippen molar-refractivity contribution in [3.63, 3.8) is 0 Å². The van der Waals surface area contributed by atoms with Crippen molar-refractivity contribution >= 4 is 32.9 Å². The molecule has 2 aliphatic heterocycles. The summed E-state index contributed by atoms with van der Waals surface area (Å²) in [4.78, 5) is 22.2. The number of hydrazine groups is 1. The molecule has 8 rings (SSSR count). The Morgan fingerprint density at radius 2 is 2.22 bits per heavy atom. The van der Waals surface area contributed by atoms with Crippen LogP contribution in [0.2, 0.25) is 0 Å². The summed E-state index contributed by atoms with van der Waals surface area (Å²) in [7, 11) is 0. The number of nitrogens with zero attached hydrogens (tertiary/aromatic N) is 6. The minimum Gasteiger partial charge on any atom is -0.463 e. The molecule has 9 nitrogen and oxygen atoms in total. The maximum absolute atomic E-state index is 6.17. The molecule has 5 heterocycles. The molecule has 0 fully saturated rings. The molecule has 1 aromatic carbocycles. The number of fused-ring (bicyclic) bond motifs is 8. The summed E-state index contributed by atoms with van der Waals surface area (Å²) in [6.45, 7) is 0.564. The molecule has 32 heavy (non-hydrogen) atoms. The molecule has 10 heteroatoms. The fraction of sp³-hybridized carbons (Fsp3) is 0.273. The van der Waals surface area contributed by atoms with Gasteiger partial charge in [-0.3, -0.25) is 5.43 Å². The number of thiophene rings is 1. The average molecular weight is 443 g/mol. The third kappa shape index (κ3) is 2.34. The van der Waals surface area contributed by atoms with Gasteiger partial charge in [-0.1, -0.05) is 23.4 Å². The Balaban J connectivity index is 1.26. The number of anilines is 1. The third-order valence-corrected chi connectivity index (χ3v) is 7.76. The number of benzene rings is 1. The Morgan fingerprint density at radius 1 is 1.22 bits per heavy atom. The summed E-state index contributed by atoms with van der Waals surface area (Å²) < 4.78 is 7.53. The number of ether oxygens (including phenoxy) is 1. The van der Waals surface area contributed by atoms with E-state index in [0.29, 0.717) is 24.2 Å². The van der Waals surface area contributed by atoms with Gasteiger partial charge in [0.2, 0.25) is 6.29 Å². The smallest absolute Gasteiger partial charge is 0.255 e. The highest BCUT2D eigenvalue weighted by atomic mass is 32.1. The van der Waals surface area contributed by atoms with Crippen LogP contribution in [0.3, 0.4) is 0 Å². The minimum absolute atomic E-state index is 0.354. The molecule has 0 radical (unpaired) electrons. The van der Waals surface area contributed by atoms with Crippen molar-refractivity contribution in [2.24, 2.45) is 0 Å². The number of hydroxylamine groups is 1. The molecular weight excluding hydrogens is 426 g/mol. The molecule has 4 aliphatic rings. The van der Waals surface area contributed by atoms with Crippen LogP contribution >= 0.6 is 11.3 Å². The van der Waals surface area contributed by atoms with Crippen molar-refractivity contribution < 1.29 is 9.57 Å². The van der Waals surface area contributed by atoms with Gasteiger partial charge in [-0.2, -0.15) is 19.7 Å². The summed E-state index contributed by atoms with van der Waals surface area (Å²) in [6, 6.07) is 6.29. The molecular formula is C22H17N7O2S. The second-order valence-electron chi connectivity index (χ2n) is 8.47. The normalized spacial score (nSPS) is 22.7. The molecule has 1 N–H and O–H groups in total. The summed E-state index contributed by atoms with van der Waals surface area (Å²) in [5.74, 6) is 2.64. The lowest BCUT2D eigenvalue weighted by Crippen LogP contribution is -2.37. The van der Waals surface area contributed by atoms with Gasteiger partial charge < -0.3 is 4.74 Å². The van der Waals surface area contributed by atoms with Crippen molar-refractivity contribution in [3.8, 4) is 11.7 Å². The molecule has 0 saturated heterocycles. The molecule has 3 aromatic heterocycles. The van der Waals surface area contributed by atoms with Gasteiger partial charge in [0.05, 0.1) is 11.9 Å². The number of rotatable bonds is 3. The van der Waals surface area contributed by atoms with Crippen molar-refractivity contribution in [3.05, 3.63) is 58.5 Å². The second kappa shape index (κ2) is 6.12. The lowest BCUT2D eigenvalue weighted by Gasteiger charge is -2.28. The number of aromatic nitrogens is 5. The van der Waals surface area contributed by atoms with Crippen LogP contribution in [0.1, 0.15) is 40.3 Å². The van der Waals surface area contributed by atoms with Crippen molar-refractivity contribution in [1.29, 1.82) is 0 Å². The zero-order chi connectivity index (χ0) is 20.8. The van der Waals surface area contributed by atoms with Crippen molar-refractivity contribution in [2.45, 2.75) is 38.0 Å². The lowest BCUT2D eigenvalue weighted by atomic mass is 9.80. The summed E-state index contributed by atoms with van der Waals surface area (Å²) in [6.07, 6.45) is 8.15. The van der Waals surface area contributed by atoms with Crippen LogP contribution in [0.5, 0.6) is 5.75 Å². The highest BCUT2D eigenvalue weighted by molar-refractivity contribution is 7.19. The average Bonchev–Trinajstić information content (AvgIpc) is 3.54. The molecule has 2 atom stereocenters. The van der Waals surface area contributed by atoms with E-state index in [2.05, 4.69) is 33.7 Å². The van der Waals surface area contributed by atoms with Gasteiger partial charge >= 0.3 is 0 Å². The maximum atomic E-state index is 6.17. The van der Waals surface area contributed by atoms with Crippen molar-refractivity contribution in [1.82, 2.24) is 29.9 Å². The van der Waals surface area contributed by atoms with Gasteiger partial charge in [-0.15, -0.1) is 11.3 Å². The van der Waals surface area contributed by atoms with Gasteiger partial charge in [0.15, 0.2) is 5.82 Å². The van der Waals surface area contributed by atoms with E-state index in [1.54, 1.807) is 27.5 Å². The fourth-order valence-corrected chi connectivity index (χ4v) is 6.51. The monoisotopic (exact) mass is 443 g/mol. The summed E-state index contributed by atoms with van der Waals surface area (Å²) >= 11 is 1.75. The largest absolute Gasteiger partial charge is 0.463 e. The first-order valence-corrected chi connectivity index (χ1v) is 11.5. The third-order valence-electron chi connectivity index (χ3n) is 6.56. The van der Waals surface area contributed by atoms with Crippen LogP contribution in [0, 0.1) is 0 Å². The van der Waals surface area contributed by atoms with Crippen molar-refractivity contribution in [2.75, 3.05) is 5.43 Å². The Hall–Kier alpha value is -3.34. The first kappa shape index (κ1) is 17.2. The minimum atomic E-state index is -0.354. The van der Waals surface area contributed by atoms with Crippen LogP contribution in [-0.4, -0.2) is 36.2 Å². The number of nitrogens with one attached hydrogen (secondary N) is 1. The van der Waals surface area contributed by atoms with Gasteiger partial charge in [0, 0.05) is 28.3 Å². The summed E-state index contributed by atoms with van der Waals surface area (Å²) in [5.41, 5.74) is 8.50. The van der Waals surface area contributed by atoms with E-state index < -0.39 is 0 Å². The Kier molecular flexibility index (Phi) is 3.30. The van der Waals surface area contributed by atoms with Gasteiger partial charge in [0.1, 0.15) is 23.2 Å². The van der Waals surface area contributed by atoms with E-state index in [4.69, 9.17) is 19.5 Å². The number of allylic oxidation sites excluding steroid dienone is 2. The standard InChI is InChI=1S/C22H17N7O2S/c1-2-13-14(3-1)19-17(13)18-20(25-22(26-21(18)32-19)28-10-23-9-24-28)27-29-8-11-4-5-15-12(6-11)7-16(30-15)31-29/h2,4-6,9-10,14,16H,1,3,7-8H2,(H,25,26,27). The highest BCUT2D eigenvalue weighted by Crippen LogP contribution is 2.59. The topological polar surface area (TPSA) is 90.2 Å². The Morgan fingerprint density at radius 3 is 3.16 bits per heavy atom. The van der Waals surface area contributed by atoms with Crippen LogP contribution < -0.4 is 10.2 Å². The predicted octanol–water partition coefficient (Wildman–Crippen LogP) is 3.58. The molecule has 2 unspecified atom stereocenters. The van der Waals surface area contributed by atoms with Crippen LogP contribution in [0.15, 0.2) is 36.9 Å². The number of hydrogen-bond donors (Lipinski definition) is 1. The van der Waals surface area contributed by atoms with Crippen LogP contribution in [-0.2, 0) is 17.8 Å². The second-order valence-corrected chi connectivity index (χ2v) is 9.50.